The number of benzene rings is 1. The van der Waals surface area contributed by atoms with Gasteiger partial charge in [-0.1, -0.05) is 34.6 Å². The lowest BCUT2D eigenvalue weighted by Crippen LogP contribution is -2.35. The van der Waals surface area contributed by atoms with Crippen LogP contribution in [0.3, 0.4) is 0 Å². The van der Waals surface area contributed by atoms with E-state index in [2.05, 4.69) is 44.8 Å². The van der Waals surface area contributed by atoms with Gasteiger partial charge in [-0.3, -0.25) is 9.59 Å². The van der Waals surface area contributed by atoms with Crippen LogP contribution >= 0.6 is 0 Å². The van der Waals surface area contributed by atoms with Gasteiger partial charge >= 0.3 is 0 Å². The van der Waals surface area contributed by atoms with Crippen molar-refractivity contribution in [3.05, 3.63) is 23.8 Å². The molecule has 0 spiro atoms. The summed E-state index contributed by atoms with van der Waals surface area (Å²) in [4.78, 5) is 30.3. The quantitative estimate of drug-likeness (QED) is 0.647. The van der Waals surface area contributed by atoms with E-state index in [-0.39, 0.29) is 17.2 Å². The molecule has 1 aromatic carbocycles. The lowest BCUT2D eigenvalue weighted by Gasteiger charge is -2.34. The van der Waals surface area contributed by atoms with Crippen LogP contribution in [0.25, 0.3) is 0 Å². The first-order valence-electron chi connectivity index (χ1n) is 12.1. The molecule has 0 aromatic heterocycles. The maximum absolute atomic E-state index is 13.3. The molecular formula is C26H41N3O2. The van der Waals surface area contributed by atoms with Gasteiger partial charge in [0.2, 0.25) is 5.91 Å². The number of nitrogens with zero attached hydrogens (tertiary/aromatic N) is 2. The van der Waals surface area contributed by atoms with E-state index in [1.807, 2.05) is 23.1 Å². The highest BCUT2D eigenvalue weighted by Crippen LogP contribution is 2.31. The summed E-state index contributed by atoms with van der Waals surface area (Å²) in [7, 11) is 0. The van der Waals surface area contributed by atoms with Crippen molar-refractivity contribution in [2.75, 3.05) is 36.4 Å². The van der Waals surface area contributed by atoms with Crippen LogP contribution in [-0.4, -0.2) is 42.9 Å². The van der Waals surface area contributed by atoms with Crippen LogP contribution in [0, 0.1) is 17.3 Å². The Kier molecular flexibility index (Phi) is 7.66. The Balaban J connectivity index is 1.76. The van der Waals surface area contributed by atoms with E-state index < -0.39 is 0 Å². The summed E-state index contributed by atoms with van der Waals surface area (Å²) in [5.74, 6) is 1.18. The van der Waals surface area contributed by atoms with Gasteiger partial charge in [-0.25, -0.2) is 0 Å². The molecule has 0 bridgehead atoms. The Morgan fingerprint density at radius 3 is 2.35 bits per heavy atom. The molecule has 3 rings (SSSR count). The minimum atomic E-state index is 0.0240. The Hall–Kier alpha value is -2.04. The molecule has 1 aromatic rings. The molecule has 0 radical (unpaired) electrons. The monoisotopic (exact) mass is 427 g/mol. The summed E-state index contributed by atoms with van der Waals surface area (Å²) in [6.07, 6.45) is 5.96. The zero-order chi connectivity index (χ0) is 22.6. The number of carbonyl (C=O) groups excluding carboxylic acids is 2. The molecule has 2 amide bonds. The van der Waals surface area contributed by atoms with Crippen molar-refractivity contribution in [1.29, 1.82) is 0 Å². The summed E-state index contributed by atoms with van der Waals surface area (Å²) in [6, 6.07) is 5.90. The van der Waals surface area contributed by atoms with Crippen molar-refractivity contribution < 1.29 is 9.59 Å². The molecule has 2 saturated heterocycles. The van der Waals surface area contributed by atoms with Crippen LogP contribution in [0.1, 0.15) is 83.5 Å². The van der Waals surface area contributed by atoms with Gasteiger partial charge in [0, 0.05) is 44.0 Å². The van der Waals surface area contributed by atoms with Crippen LogP contribution < -0.4 is 10.2 Å². The van der Waals surface area contributed by atoms with Crippen molar-refractivity contribution in [3.63, 3.8) is 0 Å². The third-order valence-electron chi connectivity index (χ3n) is 6.52. The standard InChI is InChI=1S/C26H41N3O2/c1-19-10-14-28(15-11-19)23-9-8-21(17-22(23)25(31)29-12-6-7-13-29)27-24(30)16-20(2)18-26(3,4)5/h8-9,17,19-20H,6-7,10-16,18H2,1-5H3,(H,27,30)/t20-/m0/s1. The molecule has 5 nitrogen and oxygen atoms in total. The number of anilines is 2. The Morgan fingerprint density at radius 2 is 1.74 bits per heavy atom. The number of amides is 2. The lowest BCUT2D eigenvalue weighted by atomic mass is 9.84. The first kappa shape index (κ1) is 23.6. The largest absolute Gasteiger partial charge is 0.371 e. The SMILES string of the molecule is CC1CCN(c2ccc(NC(=O)C[C@H](C)CC(C)(C)C)cc2C(=O)N2CCCC2)CC1. The van der Waals surface area contributed by atoms with Gasteiger partial charge in [0.1, 0.15) is 0 Å². The van der Waals surface area contributed by atoms with Gasteiger partial charge in [-0.05, 0) is 67.6 Å². The normalized spacial score (nSPS) is 18.9. The van der Waals surface area contributed by atoms with E-state index in [1.54, 1.807) is 0 Å². The molecule has 5 heteroatoms. The van der Waals surface area contributed by atoms with Crippen molar-refractivity contribution in [3.8, 4) is 0 Å². The molecular weight excluding hydrogens is 386 g/mol. The van der Waals surface area contributed by atoms with Crippen molar-refractivity contribution in [1.82, 2.24) is 4.90 Å². The highest BCUT2D eigenvalue weighted by Gasteiger charge is 2.26. The van der Waals surface area contributed by atoms with Gasteiger partial charge in [0.25, 0.3) is 5.91 Å². The third kappa shape index (κ3) is 6.72. The third-order valence-corrected chi connectivity index (χ3v) is 6.52. The molecule has 31 heavy (non-hydrogen) atoms. The molecule has 0 saturated carbocycles. The van der Waals surface area contributed by atoms with E-state index in [1.165, 1.54) is 0 Å². The van der Waals surface area contributed by atoms with Gasteiger partial charge in [0.05, 0.1) is 5.56 Å². The van der Waals surface area contributed by atoms with Crippen LogP contribution in [0.5, 0.6) is 0 Å². The van der Waals surface area contributed by atoms with Crippen molar-refractivity contribution >= 4 is 23.2 Å². The van der Waals surface area contributed by atoms with E-state index in [0.29, 0.717) is 12.3 Å². The van der Waals surface area contributed by atoms with Gasteiger partial charge < -0.3 is 15.1 Å². The topological polar surface area (TPSA) is 52.7 Å². The zero-order valence-corrected chi connectivity index (χ0v) is 20.2. The number of hydrogen-bond donors (Lipinski definition) is 1. The molecule has 2 fully saturated rings. The molecule has 0 unspecified atom stereocenters. The fourth-order valence-corrected chi connectivity index (χ4v) is 5.05. The Bertz CT molecular complexity index is 769. The van der Waals surface area contributed by atoms with Gasteiger partial charge in [-0.15, -0.1) is 0 Å². The fourth-order valence-electron chi connectivity index (χ4n) is 5.05. The number of piperidine rings is 1. The molecule has 2 heterocycles. The molecule has 1 N–H and O–H groups in total. The molecule has 2 aliphatic heterocycles. The molecule has 172 valence electrons. The number of likely N-dealkylation sites (tertiary alicyclic amines) is 1. The van der Waals surface area contributed by atoms with Crippen LogP contribution in [-0.2, 0) is 4.79 Å². The van der Waals surface area contributed by atoms with Crippen LogP contribution in [0.2, 0.25) is 0 Å². The maximum atomic E-state index is 13.3. The summed E-state index contributed by atoms with van der Waals surface area (Å²) < 4.78 is 0. The Labute approximate surface area is 188 Å². The number of rotatable bonds is 6. The minimum absolute atomic E-state index is 0.0240. The average Bonchev–Trinajstić information content (AvgIpc) is 3.21. The van der Waals surface area contributed by atoms with Gasteiger partial charge in [0.15, 0.2) is 0 Å². The predicted octanol–water partition coefficient (Wildman–Crippen LogP) is 5.56. The predicted molar refractivity (Wildman–Crippen MR) is 129 cm³/mol. The number of carbonyl (C=O) groups is 2. The first-order chi connectivity index (χ1) is 14.6. The van der Waals surface area contributed by atoms with Crippen molar-refractivity contribution in [2.24, 2.45) is 17.3 Å². The number of hydrogen-bond acceptors (Lipinski definition) is 3. The molecule has 0 aliphatic carbocycles. The lowest BCUT2D eigenvalue weighted by molar-refractivity contribution is -0.117. The number of nitrogens with one attached hydrogen (secondary N) is 1. The summed E-state index contributed by atoms with van der Waals surface area (Å²) in [5.41, 5.74) is 2.69. The van der Waals surface area contributed by atoms with Crippen LogP contribution in [0.4, 0.5) is 11.4 Å². The summed E-state index contributed by atoms with van der Waals surface area (Å²) in [6.45, 7) is 14.7. The summed E-state index contributed by atoms with van der Waals surface area (Å²) in [5, 5.41) is 3.05. The molecule has 2 aliphatic rings. The fraction of sp³-hybridized carbons (Fsp3) is 0.692. The minimum Gasteiger partial charge on any atom is -0.371 e. The van der Waals surface area contributed by atoms with E-state index in [9.17, 15) is 9.59 Å². The van der Waals surface area contributed by atoms with E-state index in [0.717, 1.165) is 81.1 Å². The van der Waals surface area contributed by atoms with Gasteiger partial charge in [-0.2, -0.15) is 0 Å². The highest BCUT2D eigenvalue weighted by atomic mass is 16.2. The second-order valence-electron chi connectivity index (χ2n) is 11.0. The van der Waals surface area contributed by atoms with Crippen molar-refractivity contribution in [2.45, 2.75) is 73.1 Å². The molecule has 1 atom stereocenters. The van der Waals surface area contributed by atoms with Crippen LogP contribution in [0.15, 0.2) is 18.2 Å². The summed E-state index contributed by atoms with van der Waals surface area (Å²) >= 11 is 0. The zero-order valence-electron chi connectivity index (χ0n) is 20.2. The van der Waals surface area contributed by atoms with E-state index >= 15 is 0 Å². The highest BCUT2D eigenvalue weighted by molar-refractivity contribution is 6.02. The average molecular weight is 428 g/mol. The first-order valence-corrected chi connectivity index (χ1v) is 12.1. The smallest absolute Gasteiger partial charge is 0.256 e. The second kappa shape index (κ2) is 10.1. The second-order valence-corrected chi connectivity index (χ2v) is 11.0. The Morgan fingerprint density at radius 1 is 1.10 bits per heavy atom. The maximum Gasteiger partial charge on any atom is 0.256 e. The van der Waals surface area contributed by atoms with E-state index in [4.69, 9.17) is 0 Å².